The predicted octanol–water partition coefficient (Wildman–Crippen LogP) is 2.92. The normalized spacial score (nSPS) is 16.8. The maximum atomic E-state index is 13.3. The van der Waals surface area contributed by atoms with Gasteiger partial charge in [-0.1, -0.05) is 0 Å². The fourth-order valence-corrected chi connectivity index (χ4v) is 2.96. The summed E-state index contributed by atoms with van der Waals surface area (Å²) in [5, 5.41) is 7.61. The molecule has 1 aromatic heterocycles. The Balaban J connectivity index is 0.00000243. The summed E-state index contributed by atoms with van der Waals surface area (Å²) in [6.07, 6.45) is 3.80. The molecule has 0 bridgehead atoms. The molecule has 1 fully saturated rings. The lowest BCUT2D eigenvalue weighted by Crippen LogP contribution is -2.32. The van der Waals surface area contributed by atoms with Gasteiger partial charge in [-0.25, -0.2) is 13.2 Å². The van der Waals surface area contributed by atoms with E-state index in [0.717, 1.165) is 38.1 Å². The third-order valence-electron chi connectivity index (χ3n) is 4.28. The van der Waals surface area contributed by atoms with Crippen LogP contribution in [0.2, 0.25) is 0 Å². The summed E-state index contributed by atoms with van der Waals surface area (Å²) >= 11 is 0. The molecule has 0 radical (unpaired) electrons. The third kappa shape index (κ3) is 4.37. The minimum absolute atomic E-state index is 0. The Kier molecular flexibility index (Phi) is 6.66. The molecule has 2 aromatic rings. The van der Waals surface area contributed by atoms with Gasteiger partial charge in [0.2, 0.25) is 0 Å². The van der Waals surface area contributed by atoms with E-state index in [0.29, 0.717) is 0 Å². The van der Waals surface area contributed by atoms with Crippen LogP contribution in [0, 0.1) is 17.5 Å². The maximum absolute atomic E-state index is 13.3. The van der Waals surface area contributed by atoms with Gasteiger partial charge in [0, 0.05) is 26.3 Å². The van der Waals surface area contributed by atoms with Gasteiger partial charge in [-0.3, -0.25) is 9.48 Å². The fraction of sp³-hybridized carbons (Fsp3) is 0.412. The van der Waals surface area contributed by atoms with Gasteiger partial charge in [-0.05, 0) is 43.1 Å². The Bertz CT molecular complexity index is 754. The fourth-order valence-electron chi connectivity index (χ4n) is 2.96. The topological polar surface area (TPSA) is 50.2 Å². The SMILES string of the molecule is CN(Cc1cc(F)c(F)c(F)c1)C(=O)c1ccn(C2CCCNC2)n1.Cl. The molecule has 3 rings (SSSR count). The molecule has 1 aromatic carbocycles. The summed E-state index contributed by atoms with van der Waals surface area (Å²) in [4.78, 5) is 13.7. The van der Waals surface area contributed by atoms with E-state index in [1.165, 1.54) is 11.9 Å². The zero-order chi connectivity index (χ0) is 18.0. The zero-order valence-electron chi connectivity index (χ0n) is 14.2. The van der Waals surface area contributed by atoms with E-state index in [1.807, 2.05) is 0 Å². The molecule has 1 N–H and O–H groups in total. The summed E-state index contributed by atoms with van der Waals surface area (Å²) in [7, 11) is 1.50. The standard InChI is InChI=1S/C17H19F3N4O.ClH/c1-23(10-11-7-13(18)16(20)14(19)8-11)17(25)15-4-6-24(22-15)12-3-2-5-21-9-12;/h4,6-8,12,21H,2-3,5,9-10H2,1H3;1H. The van der Waals surface area contributed by atoms with Crippen molar-refractivity contribution in [2.45, 2.75) is 25.4 Å². The third-order valence-corrected chi connectivity index (χ3v) is 4.28. The van der Waals surface area contributed by atoms with Gasteiger partial charge in [0.25, 0.3) is 5.91 Å². The van der Waals surface area contributed by atoms with Crippen LogP contribution < -0.4 is 5.32 Å². The van der Waals surface area contributed by atoms with Crippen LogP contribution in [0.1, 0.15) is 34.9 Å². The van der Waals surface area contributed by atoms with Crippen LogP contribution in [0.25, 0.3) is 0 Å². The maximum Gasteiger partial charge on any atom is 0.274 e. The Morgan fingerprint density at radius 3 is 2.65 bits per heavy atom. The second kappa shape index (κ2) is 8.55. The van der Waals surface area contributed by atoms with E-state index in [4.69, 9.17) is 0 Å². The second-order valence-electron chi connectivity index (χ2n) is 6.22. The zero-order valence-corrected chi connectivity index (χ0v) is 15.0. The van der Waals surface area contributed by atoms with Crippen molar-refractivity contribution >= 4 is 18.3 Å². The van der Waals surface area contributed by atoms with Gasteiger partial charge in [-0.2, -0.15) is 5.10 Å². The monoisotopic (exact) mass is 388 g/mol. The molecule has 5 nitrogen and oxygen atoms in total. The average Bonchev–Trinajstić information content (AvgIpc) is 3.09. The molecule has 1 amide bonds. The number of hydrogen-bond acceptors (Lipinski definition) is 3. The second-order valence-corrected chi connectivity index (χ2v) is 6.22. The van der Waals surface area contributed by atoms with Gasteiger partial charge in [0.05, 0.1) is 6.04 Å². The van der Waals surface area contributed by atoms with Gasteiger partial charge < -0.3 is 10.2 Å². The molecule has 1 saturated heterocycles. The minimum Gasteiger partial charge on any atom is -0.336 e. The lowest BCUT2D eigenvalue weighted by Gasteiger charge is -2.23. The van der Waals surface area contributed by atoms with Crippen molar-refractivity contribution in [2.24, 2.45) is 0 Å². The van der Waals surface area contributed by atoms with Gasteiger partial charge in [0.1, 0.15) is 5.69 Å². The van der Waals surface area contributed by atoms with Crippen molar-refractivity contribution in [3.63, 3.8) is 0 Å². The Labute approximate surface area is 155 Å². The Morgan fingerprint density at radius 1 is 1.35 bits per heavy atom. The molecule has 2 heterocycles. The van der Waals surface area contributed by atoms with Gasteiger partial charge in [0.15, 0.2) is 17.5 Å². The Hall–Kier alpha value is -2.06. The molecule has 1 aliphatic rings. The molecular weight excluding hydrogens is 369 g/mol. The van der Waals surface area contributed by atoms with Crippen molar-refractivity contribution in [3.8, 4) is 0 Å². The van der Waals surface area contributed by atoms with Crippen LogP contribution >= 0.6 is 12.4 Å². The van der Waals surface area contributed by atoms with Crippen LogP contribution in [0.5, 0.6) is 0 Å². The van der Waals surface area contributed by atoms with Crippen LogP contribution in [-0.2, 0) is 6.54 Å². The van der Waals surface area contributed by atoms with Crippen LogP contribution in [0.3, 0.4) is 0 Å². The van der Waals surface area contributed by atoms with Crippen molar-refractivity contribution in [1.29, 1.82) is 0 Å². The number of amides is 1. The predicted molar refractivity (Wildman–Crippen MR) is 92.7 cm³/mol. The molecule has 142 valence electrons. The number of halogens is 4. The molecule has 0 aliphatic carbocycles. The molecule has 9 heteroatoms. The summed E-state index contributed by atoms with van der Waals surface area (Å²) in [6.45, 7) is 1.74. The highest BCUT2D eigenvalue weighted by Gasteiger charge is 2.20. The van der Waals surface area contributed by atoms with Crippen LogP contribution in [0.4, 0.5) is 13.2 Å². The number of piperidine rings is 1. The molecule has 0 spiro atoms. The summed E-state index contributed by atoms with van der Waals surface area (Å²) < 4.78 is 41.3. The first-order valence-electron chi connectivity index (χ1n) is 8.10. The molecular formula is C17H20ClF3N4O. The van der Waals surface area contributed by atoms with E-state index in [-0.39, 0.29) is 42.2 Å². The number of carbonyl (C=O) groups is 1. The number of aromatic nitrogens is 2. The lowest BCUT2D eigenvalue weighted by molar-refractivity contribution is 0.0777. The summed E-state index contributed by atoms with van der Waals surface area (Å²) in [5.74, 6) is -4.43. The van der Waals surface area contributed by atoms with E-state index < -0.39 is 17.5 Å². The molecule has 0 saturated carbocycles. The highest BCUT2D eigenvalue weighted by molar-refractivity contribution is 5.92. The molecule has 1 unspecified atom stereocenters. The molecule has 26 heavy (non-hydrogen) atoms. The minimum atomic E-state index is -1.52. The summed E-state index contributed by atoms with van der Waals surface area (Å²) in [6, 6.07) is 3.60. The van der Waals surface area contributed by atoms with E-state index in [1.54, 1.807) is 16.9 Å². The molecule has 1 atom stereocenters. The van der Waals surface area contributed by atoms with E-state index >= 15 is 0 Å². The van der Waals surface area contributed by atoms with Gasteiger partial charge >= 0.3 is 0 Å². The highest BCUT2D eigenvalue weighted by atomic mass is 35.5. The smallest absolute Gasteiger partial charge is 0.274 e. The van der Waals surface area contributed by atoms with Crippen LogP contribution in [-0.4, -0.2) is 40.7 Å². The van der Waals surface area contributed by atoms with Crippen molar-refractivity contribution in [2.75, 3.05) is 20.1 Å². The lowest BCUT2D eigenvalue weighted by atomic mass is 10.1. The Morgan fingerprint density at radius 2 is 2.04 bits per heavy atom. The first-order valence-corrected chi connectivity index (χ1v) is 8.10. The number of nitrogens with zero attached hydrogens (tertiary/aromatic N) is 3. The number of rotatable bonds is 4. The highest BCUT2D eigenvalue weighted by Crippen LogP contribution is 2.18. The number of hydrogen-bond donors (Lipinski definition) is 1. The van der Waals surface area contributed by atoms with Crippen molar-refractivity contribution in [3.05, 3.63) is 53.1 Å². The quantitative estimate of drug-likeness (QED) is 0.819. The largest absolute Gasteiger partial charge is 0.336 e. The van der Waals surface area contributed by atoms with E-state index in [2.05, 4.69) is 10.4 Å². The number of benzene rings is 1. The number of nitrogens with one attached hydrogen (secondary N) is 1. The van der Waals surface area contributed by atoms with E-state index in [9.17, 15) is 18.0 Å². The molecule has 1 aliphatic heterocycles. The van der Waals surface area contributed by atoms with Crippen LogP contribution in [0.15, 0.2) is 24.4 Å². The first-order chi connectivity index (χ1) is 12.0. The first kappa shape index (κ1) is 20.3. The average molecular weight is 389 g/mol. The number of carbonyl (C=O) groups excluding carboxylic acids is 1. The van der Waals surface area contributed by atoms with Crippen molar-refractivity contribution < 1.29 is 18.0 Å². The van der Waals surface area contributed by atoms with Gasteiger partial charge in [-0.15, -0.1) is 12.4 Å². The summed E-state index contributed by atoms with van der Waals surface area (Å²) in [5.41, 5.74) is 0.430. The van der Waals surface area contributed by atoms with Crippen molar-refractivity contribution in [1.82, 2.24) is 20.0 Å².